The zero-order chi connectivity index (χ0) is 12.5. The van der Waals surface area contributed by atoms with Gasteiger partial charge in [0.25, 0.3) is 0 Å². The Balaban J connectivity index is 2.43. The van der Waals surface area contributed by atoms with Crippen LogP contribution in [0.1, 0.15) is 22.2 Å². The summed E-state index contributed by atoms with van der Waals surface area (Å²) in [6.07, 6.45) is 3.29. The third kappa shape index (κ3) is 2.33. The van der Waals surface area contributed by atoms with Crippen molar-refractivity contribution in [1.82, 2.24) is 4.98 Å². The van der Waals surface area contributed by atoms with Gasteiger partial charge in [-0.1, -0.05) is 0 Å². The fraction of sp³-hybridized carbons (Fsp3) is 0.308. The second-order valence-corrected chi connectivity index (χ2v) is 5.38. The number of hydrogen-bond donors (Lipinski definition) is 1. The molecule has 2 aromatic heterocycles. The molecular weight excluding hydrogens is 234 g/mol. The predicted octanol–water partition coefficient (Wildman–Crippen LogP) is 2.72. The highest BCUT2D eigenvalue weighted by Gasteiger charge is 2.27. The number of methoxy groups -OCH3 is 1. The number of aromatic nitrogens is 1. The number of ether oxygens (including phenoxy) is 1. The monoisotopic (exact) mass is 249 g/mol. The summed E-state index contributed by atoms with van der Waals surface area (Å²) < 4.78 is 5.12. The number of pyridine rings is 1. The summed E-state index contributed by atoms with van der Waals surface area (Å²) in [5, 5.41) is 10.6. The third-order valence-electron chi connectivity index (χ3n) is 2.73. The molecule has 17 heavy (non-hydrogen) atoms. The maximum absolute atomic E-state index is 10.6. The molecule has 2 rings (SSSR count). The average Bonchev–Trinajstić information content (AvgIpc) is 2.76. The molecule has 0 amide bonds. The van der Waals surface area contributed by atoms with Gasteiger partial charge in [-0.05, 0) is 32.0 Å². The molecule has 1 atom stereocenters. The lowest BCUT2D eigenvalue weighted by Gasteiger charge is -2.22. The summed E-state index contributed by atoms with van der Waals surface area (Å²) in [4.78, 5) is 6.16. The standard InChI is InChI=1S/C13H15NO2S/c1-9-4-5-12(17-9)13(2,15)10-6-11(16-3)8-14-7-10/h4-8,15H,1-3H3. The van der Waals surface area contributed by atoms with Gasteiger partial charge in [-0.2, -0.15) is 0 Å². The summed E-state index contributed by atoms with van der Waals surface area (Å²) in [6.45, 7) is 3.79. The number of aliphatic hydroxyl groups is 1. The average molecular weight is 249 g/mol. The Morgan fingerprint density at radius 3 is 2.71 bits per heavy atom. The van der Waals surface area contributed by atoms with Gasteiger partial charge >= 0.3 is 0 Å². The van der Waals surface area contributed by atoms with Gasteiger partial charge in [0, 0.05) is 21.5 Å². The summed E-state index contributed by atoms with van der Waals surface area (Å²) in [6, 6.07) is 5.75. The maximum atomic E-state index is 10.6. The minimum absolute atomic E-state index is 0.649. The molecule has 90 valence electrons. The van der Waals surface area contributed by atoms with Crippen molar-refractivity contribution < 1.29 is 9.84 Å². The normalized spacial score (nSPS) is 14.4. The van der Waals surface area contributed by atoms with Crippen molar-refractivity contribution in [2.45, 2.75) is 19.4 Å². The van der Waals surface area contributed by atoms with Crippen LogP contribution in [0.15, 0.2) is 30.6 Å². The Hall–Kier alpha value is -1.39. The molecule has 3 nitrogen and oxygen atoms in total. The molecule has 2 heterocycles. The molecule has 0 aliphatic rings. The van der Waals surface area contributed by atoms with Gasteiger partial charge in [-0.3, -0.25) is 4.98 Å². The van der Waals surface area contributed by atoms with Crippen LogP contribution in [0.2, 0.25) is 0 Å². The highest BCUT2D eigenvalue weighted by molar-refractivity contribution is 7.12. The van der Waals surface area contributed by atoms with E-state index >= 15 is 0 Å². The van der Waals surface area contributed by atoms with Gasteiger partial charge < -0.3 is 9.84 Å². The number of nitrogens with zero attached hydrogens (tertiary/aromatic N) is 1. The Morgan fingerprint density at radius 1 is 1.35 bits per heavy atom. The van der Waals surface area contributed by atoms with E-state index in [0.717, 1.165) is 10.4 Å². The molecule has 0 spiro atoms. The summed E-state index contributed by atoms with van der Waals surface area (Å²) in [7, 11) is 1.59. The van der Waals surface area contributed by atoms with Crippen LogP contribution in [-0.2, 0) is 5.60 Å². The van der Waals surface area contributed by atoms with Crippen molar-refractivity contribution in [3.8, 4) is 5.75 Å². The van der Waals surface area contributed by atoms with E-state index in [1.165, 1.54) is 4.88 Å². The molecule has 0 aliphatic heterocycles. The van der Waals surface area contributed by atoms with E-state index in [-0.39, 0.29) is 0 Å². The lowest BCUT2D eigenvalue weighted by molar-refractivity contribution is 0.105. The van der Waals surface area contributed by atoms with Crippen molar-refractivity contribution in [2.24, 2.45) is 0 Å². The van der Waals surface area contributed by atoms with Gasteiger partial charge in [-0.25, -0.2) is 0 Å². The van der Waals surface area contributed by atoms with Crippen molar-refractivity contribution in [2.75, 3.05) is 7.11 Å². The van der Waals surface area contributed by atoms with Gasteiger partial charge in [0.2, 0.25) is 0 Å². The predicted molar refractivity (Wildman–Crippen MR) is 68.5 cm³/mol. The van der Waals surface area contributed by atoms with Crippen molar-refractivity contribution in [3.63, 3.8) is 0 Å². The fourth-order valence-electron chi connectivity index (χ4n) is 1.64. The van der Waals surface area contributed by atoms with Crippen LogP contribution < -0.4 is 4.74 Å². The van der Waals surface area contributed by atoms with E-state index in [1.54, 1.807) is 37.8 Å². The molecule has 0 radical (unpaired) electrons. The topological polar surface area (TPSA) is 42.4 Å². The second kappa shape index (κ2) is 4.47. The molecule has 0 fully saturated rings. The lowest BCUT2D eigenvalue weighted by atomic mass is 9.96. The van der Waals surface area contributed by atoms with Crippen LogP contribution in [0.4, 0.5) is 0 Å². The zero-order valence-electron chi connectivity index (χ0n) is 10.1. The minimum atomic E-state index is -1.03. The quantitative estimate of drug-likeness (QED) is 0.909. The van der Waals surface area contributed by atoms with E-state index in [1.807, 2.05) is 25.1 Å². The third-order valence-corrected chi connectivity index (χ3v) is 3.94. The number of thiophene rings is 1. The van der Waals surface area contributed by atoms with Crippen LogP contribution in [-0.4, -0.2) is 17.2 Å². The minimum Gasteiger partial charge on any atom is -0.495 e. The molecule has 1 unspecified atom stereocenters. The van der Waals surface area contributed by atoms with Gasteiger partial charge in [0.05, 0.1) is 13.3 Å². The van der Waals surface area contributed by atoms with E-state index in [9.17, 15) is 5.11 Å². The molecule has 0 saturated carbocycles. The Bertz CT molecular complexity index is 520. The first-order valence-corrected chi connectivity index (χ1v) is 6.14. The van der Waals surface area contributed by atoms with Gasteiger partial charge in [0.15, 0.2) is 0 Å². The highest BCUT2D eigenvalue weighted by atomic mass is 32.1. The molecule has 0 aromatic carbocycles. The van der Waals surface area contributed by atoms with E-state index < -0.39 is 5.60 Å². The highest BCUT2D eigenvalue weighted by Crippen LogP contribution is 2.34. The maximum Gasteiger partial charge on any atom is 0.137 e. The molecule has 4 heteroatoms. The first kappa shape index (κ1) is 12.1. The van der Waals surface area contributed by atoms with E-state index in [4.69, 9.17) is 4.74 Å². The summed E-state index contributed by atoms with van der Waals surface area (Å²) in [5.74, 6) is 0.649. The summed E-state index contributed by atoms with van der Waals surface area (Å²) >= 11 is 1.58. The largest absolute Gasteiger partial charge is 0.495 e. The lowest BCUT2D eigenvalue weighted by Crippen LogP contribution is -2.21. The number of aryl methyl sites for hydroxylation is 1. The number of rotatable bonds is 3. The smallest absolute Gasteiger partial charge is 0.137 e. The zero-order valence-corrected chi connectivity index (χ0v) is 10.9. The molecule has 0 saturated heterocycles. The Morgan fingerprint density at radius 2 is 2.12 bits per heavy atom. The van der Waals surface area contributed by atoms with Crippen molar-refractivity contribution in [1.29, 1.82) is 0 Å². The van der Waals surface area contributed by atoms with Gasteiger partial charge in [0.1, 0.15) is 11.4 Å². The molecule has 1 N–H and O–H groups in total. The van der Waals surface area contributed by atoms with Gasteiger partial charge in [-0.15, -0.1) is 11.3 Å². The van der Waals surface area contributed by atoms with Crippen molar-refractivity contribution in [3.05, 3.63) is 45.9 Å². The van der Waals surface area contributed by atoms with E-state index in [0.29, 0.717) is 5.75 Å². The Labute approximate surface area is 105 Å². The van der Waals surface area contributed by atoms with Crippen LogP contribution in [0.5, 0.6) is 5.75 Å². The van der Waals surface area contributed by atoms with Crippen LogP contribution in [0, 0.1) is 6.92 Å². The summed E-state index contributed by atoms with van der Waals surface area (Å²) in [5.41, 5.74) is -0.292. The molecule has 0 bridgehead atoms. The van der Waals surface area contributed by atoms with Crippen molar-refractivity contribution >= 4 is 11.3 Å². The van der Waals surface area contributed by atoms with Crippen LogP contribution in [0.3, 0.4) is 0 Å². The first-order chi connectivity index (χ1) is 8.04. The second-order valence-electron chi connectivity index (χ2n) is 4.10. The SMILES string of the molecule is COc1cncc(C(C)(O)c2ccc(C)s2)c1. The fourth-order valence-corrected chi connectivity index (χ4v) is 2.57. The molecular formula is C13H15NO2S. The Kier molecular flexibility index (Phi) is 3.17. The molecule has 2 aromatic rings. The van der Waals surface area contributed by atoms with E-state index in [2.05, 4.69) is 4.98 Å². The first-order valence-electron chi connectivity index (χ1n) is 5.33. The van der Waals surface area contributed by atoms with Crippen LogP contribution in [0.25, 0.3) is 0 Å². The van der Waals surface area contributed by atoms with Crippen LogP contribution >= 0.6 is 11.3 Å². The number of hydrogen-bond acceptors (Lipinski definition) is 4. The molecule has 0 aliphatic carbocycles.